The zero-order valence-electron chi connectivity index (χ0n) is 14.2. The number of carbonyl (C=O) groups excluding carboxylic acids is 1. The van der Waals surface area contributed by atoms with Gasteiger partial charge in [0.2, 0.25) is 5.95 Å². The molecule has 0 spiro atoms. The van der Waals surface area contributed by atoms with Gasteiger partial charge in [0.1, 0.15) is 5.69 Å². The van der Waals surface area contributed by atoms with Gasteiger partial charge in [-0.25, -0.2) is 9.97 Å². The summed E-state index contributed by atoms with van der Waals surface area (Å²) in [7, 11) is 0. The predicted molar refractivity (Wildman–Crippen MR) is 106 cm³/mol. The highest BCUT2D eigenvalue weighted by atomic mass is 35.5. The van der Waals surface area contributed by atoms with E-state index in [-0.39, 0.29) is 10.7 Å². The molecule has 0 aliphatic heterocycles. The van der Waals surface area contributed by atoms with Crippen molar-refractivity contribution in [1.29, 1.82) is 0 Å². The molecule has 5 nitrogen and oxygen atoms in total. The molecule has 0 fully saturated rings. The van der Waals surface area contributed by atoms with Gasteiger partial charge < -0.3 is 10.6 Å². The number of carbonyl (C=O) groups is 1. The van der Waals surface area contributed by atoms with Gasteiger partial charge in [0, 0.05) is 11.4 Å². The van der Waals surface area contributed by atoms with Crippen molar-refractivity contribution in [2.45, 2.75) is 13.8 Å². The monoisotopic (exact) mass is 386 g/mol. The maximum atomic E-state index is 12.6. The normalized spacial score (nSPS) is 10.5. The minimum absolute atomic E-state index is 0.227. The Balaban J connectivity index is 1.86. The summed E-state index contributed by atoms with van der Waals surface area (Å²) in [6.07, 6.45) is 0. The first kappa shape index (κ1) is 18.2. The Bertz CT molecular complexity index is 976. The molecule has 3 rings (SSSR count). The number of nitrogens with zero attached hydrogens (tertiary/aromatic N) is 2. The maximum absolute atomic E-state index is 12.6. The average molecular weight is 387 g/mol. The molecule has 0 aliphatic rings. The molecule has 132 valence electrons. The Kier molecular flexibility index (Phi) is 5.40. The summed E-state index contributed by atoms with van der Waals surface area (Å²) in [4.78, 5) is 21.2. The number of hydrogen-bond acceptors (Lipinski definition) is 4. The van der Waals surface area contributed by atoms with Crippen LogP contribution in [-0.2, 0) is 0 Å². The molecule has 0 aliphatic carbocycles. The molecule has 0 atom stereocenters. The third-order valence-corrected chi connectivity index (χ3v) is 4.50. The second-order valence-electron chi connectivity index (χ2n) is 5.71. The van der Waals surface area contributed by atoms with Gasteiger partial charge in [-0.2, -0.15) is 0 Å². The van der Waals surface area contributed by atoms with Crippen molar-refractivity contribution >= 4 is 46.4 Å². The Morgan fingerprint density at radius 2 is 1.69 bits per heavy atom. The zero-order chi connectivity index (χ0) is 18.7. The van der Waals surface area contributed by atoms with Crippen molar-refractivity contribution in [1.82, 2.24) is 9.97 Å². The second-order valence-corrected chi connectivity index (χ2v) is 6.50. The molecule has 7 heteroatoms. The lowest BCUT2D eigenvalue weighted by atomic mass is 10.2. The van der Waals surface area contributed by atoms with E-state index in [0.717, 1.165) is 11.3 Å². The zero-order valence-corrected chi connectivity index (χ0v) is 15.7. The van der Waals surface area contributed by atoms with Gasteiger partial charge in [0.05, 0.1) is 15.7 Å². The number of rotatable bonds is 4. The number of anilines is 3. The highest BCUT2D eigenvalue weighted by Gasteiger charge is 2.14. The minimum Gasteiger partial charge on any atom is -0.324 e. The molecule has 2 N–H and O–H groups in total. The Labute approximate surface area is 161 Å². The molecular formula is C19H16Cl2N4O. The van der Waals surface area contributed by atoms with Crippen LogP contribution in [0, 0.1) is 13.8 Å². The first-order valence-corrected chi connectivity index (χ1v) is 8.63. The van der Waals surface area contributed by atoms with Crippen LogP contribution in [0.15, 0.2) is 48.5 Å². The van der Waals surface area contributed by atoms with Crippen LogP contribution in [0.1, 0.15) is 21.7 Å². The average Bonchev–Trinajstić information content (AvgIpc) is 2.60. The molecule has 0 saturated heterocycles. The SMILES string of the molecule is Cc1cc(C(=O)Nc2cccc(Cl)c2Cl)nc(Nc2ccccc2C)n1. The van der Waals surface area contributed by atoms with Crippen LogP contribution in [0.2, 0.25) is 10.0 Å². The highest BCUT2D eigenvalue weighted by molar-refractivity contribution is 6.44. The van der Waals surface area contributed by atoms with E-state index < -0.39 is 5.91 Å². The van der Waals surface area contributed by atoms with E-state index in [1.54, 1.807) is 31.2 Å². The molecule has 3 aromatic rings. The molecular weight excluding hydrogens is 371 g/mol. The molecule has 0 bridgehead atoms. The second kappa shape index (κ2) is 7.72. The lowest BCUT2D eigenvalue weighted by Gasteiger charge is -2.11. The van der Waals surface area contributed by atoms with Crippen LogP contribution < -0.4 is 10.6 Å². The van der Waals surface area contributed by atoms with Gasteiger partial charge >= 0.3 is 0 Å². The molecule has 1 heterocycles. The molecule has 0 saturated carbocycles. The van der Waals surface area contributed by atoms with Crippen LogP contribution in [-0.4, -0.2) is 15.9 Å². The highest BCUT2D eigenvalue weighted by Crippen LogP contribution is 2.29. The fourth-order valence-corrected chi connectivity index (χ4v) is 2.71. The summed E-state index contributed by atoms with van der Waals surface area (Å²) in [5.41, 5.74) is 3.24. The minimum atomic E-state index is -0.396. The summed E-state index contributed by atoms with van der Waals surface area (Å²) in [6.45, 7) is 3.78. The van der Waals surface area contributed by atoms with E-state index in [9.17, 15) is 4.79 Å². The lowest BCUT2D eigenvalue weighted by Crippen LogP contribution is -2.16. The Morgan fingerprint density at radius 1 is 0.962 bits per heavy atom. The van der Waals surface area contributed by atoms with Crippen molar-refractivity contribution in [2.75, 3.05) is 10.6 Å². The predicted octanol–water partition coefficient (Wildman–Crippen LogP) is 5.40. The van der Waals surface area contributed by atoms with Gasteiger partial charge in [0.25, 0.3) is 5.91 Å². The van der Waals surface area contributed by atoms with Crippen LogP contribution in [0.3, 0.4) is 0 Å². The largest absolute Gasteiger partial charge is 0.324 e. The first-order valence-electron chi connectivity index (χ1n) is 7.88. The van der Waals surface area contributed by atoms with Crippen molar-refractivity contribution < 1.29 is 4.79 Å². The van der Waals surface area contributed by atoms with E-state index >= 15 is 0 Å². The van der Waals surface area contributed by atoms with E-state index in [4.69, 9.17) is 23.2 Å². The molecule has 1 aromatic heterocycles. The Morgan fingerprint density at radius 3 is 2.46 bits per heavy atom. The maximum Gasteiger partial charge on any atom is 0.274 e. The summed E-state index contributed by atoms with van der Waals surface area (Å²) in [5.74, 6) is -0.0471. The van der Waals surface area contributed by atoms with Crippen LogP contribution in [0.4, 0.5) is 17.3 Å². The molecule has 0 radical (unpaired) electrons. The number of para-hydroxylation sites is 1. The lowest BCUT2D eigenvalue weighted by molar-refractivity contribution is 0.102. The topological polar surface area (TPSA) is 66.9 Å². The van der Waals surface area contributed by atoms with E-state index in [1.807, 2.05) is 31.2 Å². The summed E-state index contributed by atoms with van der Waals surface area (Å²) < 4.78 is 0. The van der Waals surface area contributed by atoms with E-state index in [1.165, 1.54) is 0 Å². The number of hydrogen-bond donors (Lipinski definition) is 2. The van der Waals surface area contributed by atoms with Gasteiger partial charge in [-0.05, 0) is 43.7 Å². The van der Waals surface area contributed by atoms with Crippen molar-refractivity contribution in [3.8, 4) is 0 Å². The molecule has 2 aromatic carbocycles. The quantitative estimate of drug-likeness (QED) is 0.629. The fourth-order valence-electron chi connectivity index (χ4n) is 2.36. The smallest absolute Gasteiger partial charge is 0.274 e. The third-order valence-electron chi connectivity index (χ3n) is 3.68. The molecule has 1 amide bonds. The van der Waals surface area contributed by atoms with Gasteiger partial charge in [-0.1, -0.05) is 47.5 Å². The summed E-state index contributed by atoms with van der Waals surface area (Å²) in [5, 5.41) is 6.52. The number of aryl methyl sites for hydroxylation is 2. The summed E-state index contributed by atoms with van der Waals surface area (Å²) in [6, 6.07) is 14.4. The van der Waals surface area contributed by atoms with E-state index in [2.05, 4.69) is 20.6 Å². The van der Waals surface area contributed by atoms with Crippen molar-refractivity contribution in [2.24, 2.45) is 0 Å². The number of benzene rings is 2. The Hall–Kier alpha value is -2.63. The van der Waals surface area contributed by atoms with E-state index in [0.29, 0.717) is 22.4 Å². The first-order chi connectivity index (χ1) is 12.4. The van der Waals surface area contributed by atoms with Gasteiger partial charge in [-0.3, -0.25) is 4.79 Å². The number of aromatic nitrogens is 2. The standard InChI is InChI=1S/C19H16Cl2N4O/c1-11-6-3-4-8-14(11)24-19-22-12(2)10-16(25-19)18(26)23-15-9-5-7-13(20)17(15)21/h3-10H,1-2H3,(H,23,26)(H,22,24,25). The van der Waals surface area contributed by atoms with Crippen LogP contribution >= 0.6 is 23.2 Å². The number of amides is 1. The fraction of sp³-hybridized carbons (Fsp3) is 0.105. The van der Waals surface area contributed by atoms with Crippen LogP contribution in [0.25, 0.3) is 0 Å². The number of nitrogens with one attached hydrogen (secondary N) is 2. The third kappa shape index (κ3) is 4.12. The van der Waals surface area contributed by atoms with Crippen molar-refractivity contribution in [3.63, 3.8) is 0 Å². The van der Waals surface area contributed by atoms with Crippen LogP contribution in [0.5, 0.6) is 0 Å². The van der Waals surface area contributed by atoms with Crippen molar-refractivity contribution in [3.05, 3.63) is 75.5 Å². The number of halogens is 2. The summed E-state index contributed by atoms with van der Waals surface area (Å²) >= 11 is 12.1. The molecule has 26 heavy (non-hydrogen) atoms. The van der Waals surface area contributed by atoms with Gasteiger partial charge in [0.15, 0.2) is 0 Å². The van der Waals surface area contributed by atoms with Gasteiger partial charge in [-0.15, -0.1) is 0 Å². The molecule has 0 unspecified atom stereocenters.